The molecule has 10 heteroatoms. The number of ether oxygens (including phenoxy) is 7. The third-order valence-corrected chi connectivity index (χ3v) is 8.39. The van der Waals surface area contributed by atoms with Crippen molar-refractivity contribution in [3.63, 3.8) is 0 Å². The van der Waals surface area contributed by atoms with E-state index in [0.717, 1.165) is 22.3 Å². The summed E-state index contributed by atoms with van der Waals surface area (Å²) in [5.74, 6) is 1.13. The van der Waals surface area contributed by atoms with Crippen molar-refractivity contribution in [1.82, 2.24) is 5.32 Å². The average molecular weight is 682 g/mol. The molecule has 1 atom stereocenters. The van der Waals surface area contributed by atoms with Crippen LogP contribution < -0.4 is 29.0 Å². The molecule has 0 fully saturated rings. The van der Waals surface area contributed by atoms with Crippen LogP contribution in [0, 0.1) is 5.92 Å². The molecule has 4 aromatic carbocycles. The van der Waals surface area contributed by atoms with Gasteiger partial charge in [0.1, 0.15) is 6.61 Å². The summed E-state index contributed by atoms with van der Waals surface area (Å²) >= 11 is 0. The number of rotatable bonds is 15. The van der Waals surface area contributed by atoms with Gasteiger partial charge in [0.05, 0.1) is 35.0 Å². The van der Waals surface area contributed by atoms with Crippen molar-refractivity contribution in [3.8, 4) is 39.9 Å². The average Bonchev–Trinajstić information content (AvgIpc) is 3.45. The Kier molecular flexibility index (Phi) is 11.7. The Balaban J connectivity index is 1.33. The van der Waals surface area contributed by atoms with E-state index in [9.17, 15) is 9.59 Å². The van der Waals surface area contributed by atoms with Gasteiger partial charge in [-0.1, -0.05) is 75.0 Å². The zero-order chi connectivity index (χ0) is 35.8. The lowest BCUT2D eigenvalue weighted by Gasteiger charge is -2.20. The summed E-state index contributed by atoms with van der Waals surface area (Å²) in [4.78, 5) is 26.9. The minimum Gasteiger partial charge on any atom is -0.493 e. The molecule has 0 aliphatic heterocycles. The monoisotopic (exact) mass is 681 g/mol. The number of alkyl carbamates (subject to hydrolysis) is 1. The number of nitrogens with one attached hydrogen (secondary N) is 1. The molecular formula is C40H43NO9. The van der Waals surface area contributed by atoms with Gasteiger partial charge in [-0.3, -0.25) is 0 Å². The molecule has 1 aliphatic rings. The molecule has 1 aliphatic carbocycles. The number of esters is 1. The number of carbonyl (C=O) groups excluding carboxylic acids is 2. The Bertz CT molecular complexity index is 1780. The molecule has 0 saturated carbocycles. The zero-order valence-corrected chi connectivity index (χ0v) is 29.2. The third kappa shape index (κ3) is 7.87. The van der Waals surface area contributed by atoms with Gasteiger partial charge in [-0.15, -0.1) is 0 Å². The van der Waals surface area contributed by atoms with Crippen molar-refractivity contribution >= 4 is 17.6 Å². The van der Waals surface area contributed by atoms with E-state index >= 15 is 0 Å². The van der Waals surface area contributed by atoms with Crippen LogP contribution >= 0.6 is 0 Å². The van der Waals surface area contributed by atoms with Crippen molar-refractivity contribution in [1.29, 1.82) is 0 Å². The molecule has 50 heavy (non-hydrogen) atoms. The maximum Gasteiger partial charge on any atom is 0.407 e. The van der Waals surface area contributed by atoms with Crippen molar-refractivity contribution < 1.29 is 42.7 Å². The lowest BCUT2D eigenvalue weighted by atomic mass is 9.98. The van der Waals surface area contributed by atoms with Crippen LogP contribution in [0.15, 0.2) is 85.4 Å². The first kappa shape index (κ1) is 35.8. The second-order valence-electron chi connectivity index (χ2n) is 12.1. The Morgan fingerprint density at radius 2 is 1.30 bits per heavy atom. The first-order valence-electron chi connectivity index (χ1n) is 16.3. The normalized spacial score (nSPS) is 12.4. The molecule has 1 N–H and O–H groups in total. The van der Waals surface area contributed by atoms with Gasteiger partial charge < -0.3 is 38.5 Å². The lowest BCUT2D eigenvalue weighted by Crippen LogP contribution is -2.46. The first-order chi connectivity index (χ1) is 24.2. The molecule has 4 aromatic rings. The number of hydrogen-bond acceptors (Lipinski definition) is 9. The van der Waals surface area contributed by atoms with E-state index in [4.69, 9.17) is 33.2 Å². The van der Waals surface area contributed by atoms with Crippen LogP contribution in [0.25, 0.3) is 16.7 Å². The minimum absolute atomic E-state index is 0.0907. The Morgan fingerprint density at radius 3 is 1.86 bits per heavy atom. The Labute approximate surface area is 292 Å². The number of carbonyl (C=O) groups is 2. The van der Waals surface area contributed by atoms with Gasteiger partial charge in [0.2, 0.25) is 5.75 Å². The van der Waals surface area contributed by atoms with Crippen molar-refractivity contribution in [2.45, 2.75) is 25.8 Å². The molecule has 1 amide bonds. The van der Waals surface area contributed by atoms with Crippen molar-refractivity contribution in [3.05, 3.63) is 108 Å². The minimum atomic E-state index is -1.17. The van der Waals surface area contributed by atoms with Crippen LogP contribution in [-0.4, -0.2) is 66.4 Å². The highest BCUT2D eigenvalue weighted by Gasteiger charge is 2.31. The fourth-order valence-electron chi connectivity index (χ4n) is 5.92. The van der Waals surface area contributed by atoms with Gasteiger partial charge in [-0.25, -0.2) is 9.59 Å². The van der Waals surface area contributed by atoms with Gasteiger partial charge >= 0.3 is 12.1 Å². The number of amides is 1. The Hall–Kier alpha value is -5.48. The van der Waals surface area contributed by atoms with Gasteiger partial charge in [-0.05, 0) is 69.1 Å². The maximum absolute atomic E-state index is 13.7. The fourth-order valence-corrected chi connectivity index (χ4v) is 5.92. The second-order valence-corrected chi connectivity index (χ2v) is 12.1. The van der Waals surface area contributed by atoms with E-state index in [1.54, 1.807) is 30.3 Å². The van der Waals surface area contributed by atoms with Crippen LogP contribution in [-0.2, 0) is 14.3 Å². The summed E-state index contributed by atoms with van der Waals surface area (Å²) < 4.78 is 39.3. The largest absolute Gasteiger partial charge is 0.493 e. The number of hydrogen-bond donors (Lipinski definition) is 1. The molecule has 0 saturated heterocycles. The predicted octanol–water partition coefficient (Wildman–Crippen LogP) is 7.27. The molecule has 0 radical (unpaired) electrons. The second kappa shape index (κ2) is 16.3. The summed E-state index contributed by atoms with van der Waals surface area (Å²) in [5.41, 5.74) is 6.32. The fraction of sp³-hybridized carbons (Fsp3) is 0.300. The van der Waals surface area contributed by atoms with Crippen LogP contribution in [0.5, 0.6) is 28.7 Å². The highest BCUT2D eigenvalue weighted by Crippen LogP contribution is 2.45. The van der Waals surface area contributed by atoms with E-state index in [1.807, 2.05) is 50.2 Å². The summed E-state index contributed by atoms with van der Waals surface area (Å²) in [7, 11) is 6.07. The molecule has 0 unspecified atom stereocenters. The number of methoxy groups -OCH3 is 4. The SMILES string of the molecule is C=C(c1ccc(OC)c(OC(=O)[C@@H](COCC(C)C)NC(=O)OCC2c3ccccc3-c3ccccc32)c1)c1cc(OC)c(OC)c(OC)c1. The molecule has 0 spiro atoms. The lowest BCUT2D eigenvalue weighted by molar-refractivity contribution is -0.138. The Morgan fingerprint density at radius 1 is 0.720 bits per heavy atom. The van der Waals surface area contributed by atoms with E-state index in [0.29, 0.717) is 46.3 Å². The summed E-state index contributed by atoms with van der Waals surface area (Å²) in [6.45, 7) is 8.59. The maximum atomic E-state index is 13.7. The highest BCUT2D eigenvalue weighted by atomic mass is 16.6. The van der Waals surface area contributed by atoms with Gasteiger partial charge in [0, 0.05) is 12.5 Å². The van der Waals surface area contributed by atoms with Crippen LogP contribution in [0.4, 0.5) is 4.79 Å². The van der Waals surface area contributed by atoms with E-state index in [1.165, 1.54) is 28.4 Å². The number of fused-ring (bicyclic) bond motifs is 3. The van der Waals surface area contributed by atoms with Crippen LogP contribution in [0.2, 0.25) is 0 Å². The van der Waals surface area contributed by atoms with Gasteiger partial charge in [0.25, 0.3) is 0 Å². The van der Waals surface area contributed by atoms with Gasteiger partial charge in [0.15, 0.2) is 29.0 Å². The molecule has 10 nitrogen and oxygen atoms in total. The van der Waals surface area contributed by atoms with Crippen LogP contribution in [0.1, 0.15) is 42.0 Å². The summed E-state index contributed by atoms with van der Waals surface area (Å²) in [6.07, 6.45) is -0.765. The molecule has 5 rings (SSSR count). The topological polar surface area (TPSA) is 111 Å². The highest BCUT2D eigenvalue weighted by molar-refractivity contribution is 5.85. The zero-order valence-electron chi connectivity index (χ0n) is 29.2. The molecule has 0 bridgehead atoms. The quantitative estimate of drug-likeness (QED) is 0.102. The summed E-state index contributed by atoms with van der Waals surface area (Å²) in [6, 6.07) is 23.6. The van der Waals surface area contributed by atoms with Crippen molar-refractivity contribution in [2.75, 3.05) is 48.3 Å². The first-order valence-corrected chi connectivity index (χ1v) is 16.3. The molecule has 0 aromatic heterocycles. The molecular weight excluding hydrogens is 638 g/mol. The summed E-state index contributed by atoms with van der Waals surface area (Å²) in [5, 5.41) is 2.66. The smallest absolute Gasteiger partial charge is 0.407 e. The predicted molar refractivity (Wildman–Crippen MR) is 191 cm³/mol. The number of benzene rings is 4. The standard InChI is InChI=1S/C40H43NO9/c1-24(2)21-48-23-33(41-40(43)49-22-32-30-14-10-8-12-28(30)29-13-9-11-15-31(29)32)39(42)50-35-18-26(16-17-34(35)44-4)25(3)27-19-36(45-5)38(47-7)37(20-27)46-6/h8-20,24,32-33H,3,21-23H2,1-2,4-7H3,(H,41,43)/t33-/m1/s1. The van der Waals surface area contributed by atoms with Crippen molar-refractivity contribution in [2.24, 2.45) is 5.92 Å². The van der Waals surface area contributed by atoms with Crippen LogP contribution in [0.3, 0.4) is 0 Å². The molecule has 0 heterocycles. The van der Waals surface area contributed by atoms with Gasteiger partial charge in [-0.2, -0.15) is 0 Å². The third-order valence-electron chi connectivity index (χ3n) is 8.39. The van der Waals surface area contributed by atoms with E-state index < -0.39 is 18.1 Å². The van der Waals surface area contributed by atoms with E-state index in [-0.39, 0.29) is 30.8 Å². The van der Waals surface area contributed by atoms with E-state index in [2.05, 4.69) is 24.0 Å². The molecule has 262 valence electrons.